The van der Waals surface area contributed by atoms with Crippen LogP contribution in [0.5, 0.6) is 0 Å². The van der Waals surface area contributed by atoms with Gasteiger partial charge in [0.1, 0.15) is 0 Å². The van der Waals surface area contributed by atoms with Gasteiger partial charge in [-0.3, -0.25) is 9.59 Å². The SMILES string of the molecule is O=C(c1ccccc1)C1CCN(C(=O)/C=C/c2cccc(C(F)(F)F)c2)CC1. The summed E-state index contributed by atoms with van der Waals surface area (Å²) in [6.07, 6.45) is -0.581. The van der Waals surface area contributed by atoms with Crippen molar-refractivity contribution in [2.24, 2.45) is 5.92 Å². The second kappa shape index (κ2) is 8.42. The van der Waals surface area contributed by atoms with Gasteiger partial charge in [0.15, 0.2) is 5.78 Å². The van der Waals surface area contributed by atoms with Crippen molar-refractivity contribution in [1.82, 2.24) is 4.90 Å². The largest absolute Gasteiger partial charge is 0.416 e. The Labute approximate surface area is 161 Å². The van der Waals surface area contributed by atoms with Crippen LogP contribution < -0.4 is 0 Å². The van der Waals surface area contributed by atoms with Crippen LogP contribution in [0.2, 0.25) is 0 Å². The first-order valence-electron chi connectivity index (χ1n) is 9.08. The monoisotopic (exact) mass is 387 g/mol. The number of likely N-dealkylation sites (tertiary alicyclic amines) is 1. The van der Waals surface area contributed by atoms with Gasteiger partial charge in [-0.1, -0.05) is 42.5 Å². The molecule has 0 unspecified atom stereocenters. The van der Waals surface area contributed by atoms with Gasteiger partial charge in [-0.05, 0) is 36.6 Å². The van der Waals surface area contributed by atoms with Crippen LogP contribution in [-0.2, 0) is 11.0 Å². The molecule has 0 N–H and O–H groups in total. The Morgan fingerprint density at radius 2 is 1.64 bits per heavy atom. The summed E-state index contributed by atoms with van der Waals surface area (Å²) in [5.41, 5.74) is 0.247. The summed E-state index contributed by atoms with van der Waals surface area (Å²) in [6.45, 7) is 0.907. The molecule has 146 valence electrons. The molecule has 0 saturated carbocycles. The second-order valence-electron chi connectivity index (χ2n) is 6.79. The van der Waals surface area contributed by atoms with Gasteiger partial charge in [-0.25, -0.2) is 0 Å². The van der Waals surface area contributed by atoms with E-state index in [1.165, 1.54) is 24.3 Å². The number of nitrogens with zero attached hydrogens (tertiary/aromatic N) is 1. The van der Waals surface area contributed by atoms with E-state index in [-0.39, 0.29) is 17.6 Å². The van der Waals surface area contributed by atoms with Gasteiger partial charge in [0.2, 0.25) is 5.91 Å². The van der Waals surface area contributed by atoms with Gasteiger partial charge in [0, 0.05) is 30.6 Å². The van der Waals surface area contributed by atoms with Gasteiger partial charge in [0.05, 0.1) is 5.56 Å². The Balaban J connectivity index is 1.57. The molecule has 1 heterocycles. The first-order chi connectivity index (χ1) is 13.3. The van der Waals surface area contributed by atoms with Gasteiger partial charge in [-0.2, -0.15) is 13.2 Å². The zero-order valence-corrected chi connectivity index (χ0v) is 15.2. The molecule has 0 atom stereocenters. The fraction of sp³-hybridized carbons (Fsp3) is 0.273. The van der Waals surface area contributed by atoms with E-state index in [0.29, 0.717) is 37.1 Å². The molecule has 2 aromatic carbocycles. The molecule has 0 aliphatic carbocycles. The van der Waals surface area contributed by atoms with E-state index in [4.69, 9.17) is 0 Å². The highest BCUT2D eigenvalue weighted by atomic mass is 19.4. The maximum atomic E-state index is 12.8. The molecule has 0 spiro atoms. The number of benzene rings is 2. The first-order valence-corrected chi connectivity index (χ1v) is 9.08. The maximum Gasteiger partial charge on any atom is 0.416 e. The van der Waals surface area contributed by atoms with Crippen molar-refractivity contribution in [3.8, 4) is 0 Å². The van der Waals surface area contributed by atoms with Gasteiger partial charge in [-0.15, -0.1) is 0 Å². The van der Waals surface area contributed by atoms with Crippen LogP contribution in [0.15, 0.2) is 60.7 Å². The van der Waals surface area contributed by atoms with E-state index in [1.54, 1.807) is 17.0 Å². The number of amides is 1. The Kier molecular flexibility index (Phi) is 5.97. The number of alkyl halides is 3. The van der Waals surface area contributed by atoms with Crippen molar-refractivity contribution in [1.29, 1.82) is 0 Å². The normalized spacial score (nSPS) is 15.8. The summed E-state index contributed by atoms with van der Waals surface area (Å²) < 4.78 is 38.3. The zero-order chi connectivity index (χ0) is 20.1. The van der Waals surface area contributed by atoms with Crippen molar-refractivity contribution in [2.75, 3.05) is 13.1 Å². The van der Waals surface area contributed by atoms with E-state index in [0.717, 1.165) is 12.1 Å². The summed E-state index contributed by atoms with van der Waals surface area (Å²) in [7, 11) is 0. The van der Waals surface area contributed by atoms with Gasteiger partial charge < -0.3 is 4.90 Å². The topological polar surface area (TPSA) is 37.4 Å². The molecule has 3 rings (SSSR count). The molecule has 0 aromatic heterocycles. The third-order valence-corrected chi connectivity index (χ3v) is 4.87. The Morgan fingerprint density at radius 1 is 0.964 bits per heavy atom. The number of Topliss-reactive ketones (excluding diaryl/α,β-unsaturated/α-hetero) is 1. The maximum absolute atomic E-state index is 12.8. The summed E-state index contributed by atoms with van der Waals surface area (Å²) in [5, 5.41) is 0. The molecule has 1 fully saturated rings. The lowest BCUT2D eigenvalue weighted by Gasteiger charge is -2.30. The van der Waals surface area contributed by atoms with Crippen molar-refractivity contribution >= 4 is 17.8 Å². The number of hydrogen-bond donors (Lipinski definition) is 0. The minimum atomic E-state index is -4.42. The minimum absolute atomic E-state index is 0.0900. The molecule has 1 aliphatic rings. The van der Waals surface area contributed by atoms with Gasteiger partial charge in [0.25, 0.3) is 0 Å². The quantitative estimate of drug-likeness (QED) is 0.556. The molecule has 28 heavy (non-hydrogen) atoms. The van der Waals surface area contributed by atoms with Crippen LogP contribution in [-0.4, -0.2) is 29.7 Å². The van der Waals surface area contributed by atoms with Crippen molar-refractivity contribution in [2.45, 2.75) is 19.0 Å². The number of rotatable bonds is 4. The lowest BCUT2D eigenvalue weighted by Crippen LogP contribution is -2.39. The number of piperidine rings is 1. The fourth-order valence-corrected chi connectivity index (χ4v) is 3.29. The van der Waals surface area contributed by atoms with E-state index in [1.807, 2.05) is 18.2 Å². The first kappa shape index (κ1) is 19.9. The lowest BCUT2D eigenvalue weighted by atomic mass is 9.89. The van der Waals surface area contributed by atoms with Crippen LogP contribution in [0.25, 0.3) is 6.08 Å². The molecule has 3 nitrogen and oxygen atoms in total. The molecule has 6 heteroatoms. The molecule has 0 radical (unpaired) electrons. The van der Waals surface area contributed by atoms with Crippen LogP contribution in [0, 0.1) is 5.92 Å². The highest BCUT2D eigenvalue weighted by Crippen LogP contribution is 2.29. The smallest absolute Gasteiger partial charge is 0.339 e. The van der Waals surface area contributed by atoms with Gasteiger partial charge >= 0.3 is 6.18 Å². The summed E-state index contributed by atoms with van der Waals surface area (Å²) in [6, 6.07) is 13.9. The minimum Gasteiger partial charge on any atom is -0.339 e. The van der Waals surface area contributed by atoms with Crippen molar-refractivity contribution < 1.29 is 22.8 Å². The van der Waals surface area contributed by atoms with Crippen LogP contribution >= 0.6 is 0 Å². The number of hydrogen-bond acceptors (Lipinski definition) is 2. The molecule has 1 amide bonds. The fourth-order valence-electron chi connectivity index (χ4n) is 3.29. The average molecular weight is 387 g/mol. The van der Waals surface area contributed by atoms with Crippen molar-refractivity contribution in [3.05, 3.63) is 77.4 Å². The van der Waals surface area contributed by atoms with E-state index >= 15 is 0 Å². The molecule has 0 bridgehead atoms. The van der Waals surface area contributed by atoms with Crippen LogP contribution in [0.3, 0.4) is 0 Å². The Hall–Kier alpha value is -2.89. The highest BCUT2D eigenvalue weighted by Gasteiger charge is 2.30. The number of halogens is 3. The Morgan fingerprint density at radius 3 is 2.29 bits per heavy atom. The number of carbonyl (C=O) groups is 2. The Bertz CT molecular complexity index is 867. The summed E-state index contributed by atoms with van der Waals surface area (Å²) in [4.78, 5) is 26.4. The average Bonchev–Trinajstić information content (AvgIpc) is 2.72. The predicted octanol–water partition coefficient (Wildman–Crippen LogP) is 4.84. The molecule has 1 aliphatic heterocycles. The molecule has 1 saturated heterocycles. The lowest BCUT2D eigenvalue weighted by molar-refractivity contribution is -0.137. The summed E-state index contributed by atoms with van der Waals surface area (Å²) in [5.74, 6) is -0.283. The highest BCUT2D eigenvalue weighted by molar-refractivity contribution is 5.98. The van der Waals surface area contributed by atoms with Crippen LogP contribution in [0.1, 0.15) is 34.3 Å². The molecule has 2 aromatic rings. The zero-order valence-electron chi connectivity index (χ0n) is 15.2. The third kappa shape index (κ3) is 4.88. The number of carbonyl (C=O) groups excluding carboxylic acids is 2. The second-order valence-corrected chi connectivity index (χ2v) is 6.79. The molecular weight excluding hydrogens is 367 g/mol. The van der Waals surface area contributed by atoms with E-state index in [9.17, 15) is 22.8 Å². The van der Waals surface area contributed by atoms with Crippen molar-refractivity contribution in [3.63, 3.8) is 0 Å². The molecular formula is C22H20F3NO2. The predicted molar refractivity (Wildman–Crippen MR) is 101 cm³/mol. The van der Waals surface area contributed by atoms with Crippen LogP contribution in [0.4, 0.5) is 13.2 Å². The number of ketones is 1. The van der Waals surface area contributed by atoms with E-state index in [2.05, 4.69) is 0 Å². The van der Waals surface area contributed by atoms with E-state index < -0.39 is 11.7 Å². The summed E-state index contributed by atoms with van der Waals surface area (Å²) >= 11 is 0. The third-order valence-electron chi connectivity index (χ3n) is 4.87. The standard InChI is InChI=1S/C22H20F3NO2/c23-22(24,25)19-8-4-5-16(15-19)9-10-20(27)26-13-11-18(12-14-26)21(28)17-6-2-1-3-7-17/h1-10,15,18H,11-14H2/b10-9+.